The summed E-state index contributed by atoms with van der Waals surface area (Å²) in [7, 11) is 0. The van der Waals surface area contributed by atoms with Crippen LogP contribution in [-0.4, -0.2) is 36.0 Å². The van der Waals surface area contributed by atoms with Crippen molar-refractivity contribution in [2.45, 2.75) is 39.7 Å². The molecule has 0 aromatic carbocycles. The van der Waals surface area contributed by atoms with Gasteiger partial charge in [0.15, 0.2) is 5.96 Å². The first-order valence-electron chi connectivity index (χ1n) is 6.11. The molecule has 0 amide bonds. The average Bonchev–Trinajstić information content (AvgIpc) is 2.13. The third-order valence-electron chi connectivity index (χ3n) is 3.37. The van der Waals surface area contributed by atoms with Crippen molar-refractivity contribution in [3.63, 3.8) is 0 Å². The summed E-state index contributed by atoms with van der Waals surface area (Å²) in [6.45, 7) is 12.0. The van der Waals surface area contributed by atoms with Crippen LogP contribution in [0.15, 0.2) is 4.99 Å². The number of rotatable bonds is 3. The van der Waals surface area contributed by atoms with Crippen LogP contribution in [0, 0.1) is 11.8 Å². The molecule has 1 aliphatic rings. The number of piperidine rings is 1. The quantitative estimate of drug-likeness (QED) is 0.460. The molecular weight excluding hydrogens is 327 g/mol. The molecule has 1 aliphatic heterocycles. The second-order valence-electron chi connectivity index (χ2n) is 5.90. The van der Waals surface area contributed by atoms with Gasteiger partial charge in [0.2, 0.25) is 0 Å². The molecule has 0 aromatic rings. The van der Waals surface area contributed by atoms with Gasteiger partial charge in [-0.1, -0.05) is 13.8 Å². The summed E-state index contributed by atoms with van der Waals surface area (Å²) >= 11 is 0. The topological polar surface area (TPSA) is 67.6 Å². The number of nitrogens with two attached hydrogens (primary N) is 2. The fraction of sp³-hybridized carbons (Fsp3) is 0.917. The largest absolute Gasteiger partial charge is 0.370 e. The van der Waals surface area contributed by atoms with Crippen LogP contribution < -0.4 is 11.5 Å². The van der Waals surface area contributed by atoms with Crippen molar-refractivity contribution < 1.29 is 0 Å². The van der Waals surface area contributed by atoms with Gasteiger partial charge in [-0.3, -0.25) is 9.89 Å². The van der Waals surface area contributed by atoms with Crippen LogP contribution in [0.3, 0.4) is 0 Å². The van der Waals surface area contributed by atoms with Crippen molar-refractivity contribution in [3.05, 3.63) is 0 Å². The van der Waals surface area contributed by atoms with E-state index in [1.807, 2.05) is 0 Å². The molecular formula is C12H27IN4. The molecule has 0 bridgehead atoms. The zero-order valence-electron chi connectivity index (χ0n) is 11.4. The van der Waals surface area contributed by atoms with E-state index in [2.05, 4.69) is 37.6 Å². The lowest BCUT2D eigenvalue weighted by Crippen LogP contribution is -2.53. The number of likely N-dealkylation sites (tertiary alicyclic amines) is 1. The van der Waals surface area contributed by atoms with Crippen LogP contribution >= 0.6 is 24.0 Å². The van der Waals surface area contributed by atoms with E-state index in [1.165, 1.54) is 6.42 Å². The number of halogens is 1. The second-order valence-corrected chi connectivity index (χ2v) is 5.90. The third-order valence-corrected chi connectivity index (χ3v) is 3.37. The number of hydrogen-bond donors (Lipinski definition) is 2. The van der Waals surface area contributed by atoms with E-state index >= 15 is 0 Å². The first-order valence-corrected chi connectivity index (χ1v) is 6.11. The number of hydrogen-bond acceptors (Lipinski definition) is 2. The molecule has 17 heavy (non-hydrogen) atoms. The molecule has 2 unspecified atom stereocenters. The normalized spacial score (nSPS) is 26.1. The summed E-state index contributed by atoms with van der Waals surface area (Å²) in [4.78, 5) is 6.66. The fourth-order valence-corrected chi connectivity index (χ4v) is 2.54. The number of aliphatic imine (C=N–C) groups is 1. The Morgan fingerprint density at radius 3 is 2.12 bits per heavy atom. The molecule has 0 saturated carbocycles. The van der Waals surface area contributed by atoms with E-state index in [9.17, 15) is 0 Å². The highest BCUT2D eigenvalue weighted by atomic mass is 127. The maximum absolute atomic E-state index is 5.39. The molecule has 4 N–H and O–H groups in total. The SMILES string of the molecule is CC1CC(C)CN(C(C)(C)CN=C(N)N)C1.I. The highest BCUT2D eigenvalue weighted by Crippen LogP contribution is 2.27. The summed E-state index contributed by atoms with van der Waals surface area (Å²) in [6.07, 6.45) is 1.33. The Morgan fingerprint density at radius 2 is 1.71 bits per heavy atom. The zero-order valence-corrected chi connectivity index (χ0v) is 13.8. The second kappa shape index (κ2) is 6.78. The molecule has 5 heteroatoms. The Morgan fingerprint density at radius 1 is 1.24 bits per heavy atom. The molecule has 1 rings (SSSR count). The van der Waals surface area contributed by atoms with Crippen LogP contribution in [0.25, 0.3) is 0 Å². The molecule has 0 aliphatic carbocycles. The van der Waals surface area contributed by atoms with Gasteiger partial charge < -0.3 is 11.5 Å². The number of guanidine groups is 1. The summed E-state index contributed by atoms with van der Waals surface area (Å²) in [5.74, 6) is 1.72. The molecule has 1 saturated heterocycles. The first-order chi connectivity index (χ1) is 7.31. The van der Waals surface area contributed by atoms with Gasteiger partial charge in [-0.05, 0) is 32.1 Å². The van der Waals surface area contributed by atoms with Gasteiger partial charge in [0.1, 0.15) is 0 Å². The summed E-state index contributed by atoms with van der Waals surface area (Å²) in [5.41, 5.74) is 10.8. The van der Waals surface area contributed by atoms with Crippen LogP contribution in [0.4, 0.5) is 0 Å². The lowest BCUT2D eigenvalue weighted by atomic mass is 9.88. The molecule has 2 atom stereocenters. The highest BCUT2D eigenvalue weighted by molar-refractivity contribution is 14.0. The molecule has 0 aromatic heterocycles. The first kappa shape index (κ1) is 17.0. The molecule has 0 spiro atoms. The van der Waals surface area contributed by atoms with E-state index in [-0.39, 0.29) is 35.5 Å². The monoisotopic (exact) mass is 354 g/mol. The van der Waals surface area contributed by atoms with Crippen molar-refractivity contribution in [1.29, 1.82) is 0 Å². The summed E-state index contributed by atoms with van der Waals surface area (Å²) in [6, 6.07) is 0. The Balaban J connectivity index is 0.00000256. The summed E-state index contributed by atoms with van der Waals surface area (Å²) in [5, 5.41) is 0. The van der Waals surface area contributed by atoms with Crippen molar-refractivity contribution >= 4 is 29.9 Å². The van der Waals surface area contributed by atoms with Gasteiger partial charge in [-0.25, -0.2) is 0 Å². The van der Waals surface area contributed by atoms with Crippen LogP contribution in [0.2, 0.25) is 0 Å². The van der Waals surface area contributed by atoms with Crippen LogP contribution in [0.1, 0.15) is 34.1 Å². The minimum Gasteiger partial charge on any atom is -0.370 e. The van der Waals surface area contributed by atoms with Gasteiger partial charge in [-0.15, -0.1) is 24.0 Å². The fourth-order valence-electron chi connectivity index (χ4n) is 2.54. The predicted octanol–water partition coefficient (Wildman–Crippen LogP) is 1.63. The van der Waals surface area contributed by atoms with Gasteiger partial charge in [0.05, 0.1) is 6.54 Å². The molecule has 1 fully saturated rings. The Hall–Kier alpha value is -0.0400. The average molecular weight is 354 g/mol. The molecule has 4 nitrogen and oxygen atoms in total. The van der Waals surface area contributed by atoms with Crippen LogP contribution in [-0.2, 0) is 0 Å². The Labute approximate surface area is 122 Å². The van der Waals surface area contributed by atoms with E-state index in [4.69, 9.17) is 11.5 Å². The van der Waals surface area contributed by atoms with Crippen molar-refractivity contribution in [2.24, 2.45) is 28.3 Å². The minimum absolute atomic E-state index is 0. The molecule has 1 heterocycles. The highest BCUT2D eigenvalue weighted by Gasteiger charge is 2.32. The van der Waals surface area contributed by atoms with E-state index < -0.39 is 0 Å². The van der Waals surface area contributed by atoms with Crippen molar-refractivity contribution in [2.75, 3.05) is 19.6 Å². The van der Waals surface area contributed by atoms with Gasteiger partial charge in [0, 0.05) is 18.6 Å². The predicted molar refractivity (Wildman–Crippen MR) is 84.7 cm³/mol. The number of nitrogens with zero attached hydrogens (tertiary/aromatic N) is 2. The van der Waals surface area contributed by atoms with E-state index in [0.717, 1.165) is 24.9 Å². The van der Waals surface area contributed by atoms with E-state index in [1.54, 1.807) is 0 Å². The Kier molecular flexibility index (Phi) is 6.76. The van der Waals surface area contributed by atoms with E-state index in [0.29, 0.717) is 6.54 Å². The lowest BCUT2D eigenvalue weighted by Gasteiger charge is -2.44. The zero-order chi connectivity index (χ0) is 12.3. The van der Waals surface area contributed by atoms with Crippen LogP contribution in [0.5, 0.6) is 0 Å². The van der Waals surface area contributed by atoms with Gasteiger partial charge >= 0.3 is 0 Å². The van der Waals surface area contributed by atoms with Gasteiger partial charge in [0.25, 0.3) is 0 Å². The summed E-state index contributed by atoms with van der Waals surface area (Å²) < 4.78 is 0. The van der Waals surface area contributed by atoms with Crippen molar-refractivity contribution in [1.82, 2.24) is 4.90 Å². The maximum Gasteiger partial charge on any atom is 0.185 e. The third kappa shape index (κ3) is 5.42. The molecule has 102 valence electrons. The minimum atomic E-state index is 0. The van der Waals surface area contributed by atoms with Gasteiger partial charge in [-0.2, -0.15) is 0 Å². The standard InChI is InChI=1S/C12H26N4.HI/c1-9-5-10(2)7-16(6-9)12(3,4)8-15-11(13)14;/h9-10H,5-8H2,1-4H3,(H4,13,14,15);1H. The maximum atomic E-state index is 5.39. The molecule has 0 radical (unpaired) electrons. The smallest absolute Gasteiger partial charge is 0.185 e. The van der Waals surface area contributed by atoms with Crippen molar-refractivity contribution in [3.8, 4) is 0 Å². The lowest BCUT2D eigenvalue weighted by molar-refractivity contribution is 0.0513. The Bertz CT molecular complexity index is 251.